The van der Waals surface area contributed by atoms with Crippen LogP contribution in [0.4, 0.5) is 0 Å². The highest BCUT2D eigenvalue weighted by Crippen LogP contribution is 2.35. The Kier molecular flexibility index (Phi) is 3.45. The minimum absolute atomic E-state index is 1.10. The second kappa shape index (κ2) is 5.39. The SMILES string of the molecule is C1CCCC1.c1ccc2c(c1)Cc1ccccc1-2. The smallest absolute Gasteiger partial charge is 0.00135 e. The summed E-state index contributed by atoms with van der Waals surface area (Å²) in [4.78, 5) is 0. The van der Waals surface area contributed by atoms with E-state index in [9.17, 15) is 0 Å². The summed E-state index contributed by atoms with van der Waals surface area (Å²) >= 11 is 0. The van der Waals surface area contributed by atoms with Gasteiger partial charge in [-0.1, -0.05) is 80.6 Å². The normalized spacial score (nSPS) is 15.6. The molecule has 0 aliphatic heterocycles. The number of hydrogen-bond donors (Lipinski definition) is 0. The van der Waals surface area contributed by atoms with Crippen LogP contribution in [-0.2, 0) is 6.42 Å². The van der Waals surface area contributed by atoms with E-state index in [1.165, 1.54) is 54.4 Å². The van der Waals surface area contributed by atoms with Gasteiger partial charge < -0.3 is 0 Å². The molecular formula is C18H20. The van der Waals surface area contributed by atoms with Gasteiger partial charge in [-0.15, -0.1) is 0 Å². The van der Waals surface area contributed by atoms with Gasteiger partial charge in [0.25, 0.3) is 0 Å². The lowest BCUT2D eigenvalue weighted by Gasteiger charge is -1.98. The van der Waals surface area contributed by atoms with Crippen molar-refractivity contribution in [2.45, 2.75) is 38.5 Å². The Morgan fingerprint density at radius 2 is 0.889 bits per heavy atom. The zero-order valence-electron chi connectivity index (χ0n) is 10.9. The fraction of sp³-hybridized carbons (Fsp3) is 0.333. The van der Waals surface area contributed by atoms with E-state index >= 15 is 0 Å². The number of rotatable bonds is 0. The molecule has 1 fully saturated rings. The highest BCUT2D eigenvalue weighted by Gasteiger charge is 2.15. The Labute approximate surface area is 110 Å². The van der Waals surface area contributed by atoms with Crippen LogP contribution in [0.25, 0.3) is 11.1 Å². The molecule has 2 aliphatic rings. The second-order valence-corrected chi connectivity index (χ2v) is 5.26. The van der Waals surface area contributed by atoms with E-state index in [4.69, 9.17) is 0 Å². The first kappa shape index (κ1) is 11.5. The topological polar surface area (TPSA) is 0 Å². The second-order valence-electron chi connectivity index (χ2n) is 5.26. The Hall–Kier alpha value is -1.56. The van der Waals surface area contributed by atoms with Crippen LogP contribution in [0.15, 0.2) is 48.5 Å². The Morgan fingerprint density at radius 3 is 1.33 bits per heavy atom. The van der Waals surface area contributed by atoms with E-state index in [0.717, 1.165) is 6.42 Å². The summed E-state index contributed by atoms with van der Waals surface area (Å²) in [6.45, 7) is 0. The summed E-state index contributed by atoms with van der Waals surface area (Å²) < 4.78 is 0. The molecule has 0 N–H and O–H groups in total. The van der Waals surface area contributed by atoms with E-state index in [1.54, 1.807) is 0 Å². The van der Waals surface area contributed by atoms with Crippen LogP contribution < -0.4 is 0 Å². The van der Waals surface area contributed by atoms with Crippen molar-refractivity contribution in [2.75, 3.05) is 0 Å². The van der Waals surface area contributed by atoms with E-state index < -0.39 is 0 Å². The molecule has 2 aromatic rings. The summed E-state index contributed by atoms with van der Waals surface area (Å²) in [5.41, 5.74) is 5.75. The molecule has 0 heteroatoms. The number of benzene rings is 2. The summed E-state index contributed by atoms with van der Waals surface area (Å²) in [5, 5.41) is 0. The third kappa shape index (κ3) is 2.33. The van der Waals surface area contributed by atoms with Crippen molar-refractivity contribution in [3.8, 4) is 11.1 Å². The van der Waals surface area contributed by atoms with Crippen LogP contribution in [0.1, 0.15) is 43.2 Å². The van der Waals surface area contributed by atoms with Gasteiger partial charge in [0.2, 0.25) is 0 Å². The zero-order valence-corrected chi connectivity index (χ0v) is 10.9. The predicted octanol–water partition coefficient (Wildman–Crippen LogP) is 5.21. The monoisotopic (exact) mass is 236 g/mol. The van der Waals surface area contributed by atoms with E-state index in [1.807, 2.05) is 0 Å². The molecule has 2 aromatic carbocycles. The highest BCUT2D eigenvalue weighted by atomic mass is 14.2. The van der Waals surface area contributed by atoms with Gasteiger partial charge in [0.15, 0.2) is 0 Å². The Balaban J connectivity index is 0.000000169. The van der Waals surface area contributed by atoms with Gasteiger partial charge in [-0.25, -0.2) is 0 Å². The van der Waals surface area contributed by atoms with Crippen LogP contribution in [0, 0.1) is 0 Å². The van der Waals surface area contributed by atoms with Gasteiger partial charge in [-0.05, 0) is 28.7 Å². The minimum Gasteiger partial charge on any atom is -0.0619 e. The molecule has 0 radical (unpaired) electrons. The lowest BCUT2D eigenvalue weighted by atomic mass is 10.1. The zero-order chi connectivity index (χ0) is 12.2. The van der Waals surface area contributed by atoms with Crippen molar-refractivity contribution in [3.05, 3.63) is 59.7 Å². The fourth-order valence-electron chi connectivity index (χ4n) is 2.96. The molecule has 0 nitrogen and oxygen atoms in total. The minimum atomic E-state index is 1.10. The maximum absolute atomic E-state index is 2.22. The largest absolute Gasteiger partial charge is 0.0619 e. The third-order valence-electron chi connectivity index (χ3n) is 3.96. The van der Waals surface area contributed by atoms with Crippen molar-refractivity contribution in [1.82, 2.24) is 0 Å². The molecule has 92 valence electrons. The standard InChI is InChI=1S/C13H10.C5H10/c1-3-7-12-10(5-1)9-11-6-2-4-8-13(11)12;1-2-4-5-3-1/h1-8H,9H2;1-5H2. The maximum atomic E-state index is 2.22. The van der Waals surface area contributed by atoms with E-state index in [-0.39, 0.29) is 0 Å². The lowest BCUT2D eigenvalue weighted by molar-refractivity contribution is 0.886. The van der Waals surface area contributed by atoms with Crippen molar-refractivity contribution in [1.29, 1.82) is 0 Å². The summed E-state index contributed by atoms with van der Waals surface area (Å²) in [7, 11) is 0. The van der Waals surface area contributed by atoms with Crippen molar-refractivity contribution < 1.29 is 0 Å². The van der Waals surface area contributed by atoms with Gasteiger partial charge >= 0.3 is 0 Å². The van der Waals surface area contributed by atoms with Crippen molar-refractivity contribution in [2.24, 2.45) is 0 Å². The van der Waals surface area contributed by atoms with Crippen molar-refractivity contribution in [3.63, 3.8) is 0 Å². The first-order valence-corrected chi connectivity index (χ1v) is 7.11. The van der Waals surface area contributed by atoms with Gasteiger partial charge in [-0.2, -0.15) is 0 Å². The third-order valence-corrected chi connectivity index (χ3v) is 3.96. The van der Waals surface area contributed by atoms with Crippen LogP contribution in [-0.4, -0.2) is 0 Å². The molecule has 0 saturated heterocycles. The molecule has 2 aliphatic carbocycles. The Morgan fingerprint density at radius 1 is 0.500 bits per heavy atom. The van der Waals surface area contributed by atoms with Crippen LogP contribution >= 0.6 is 0 Å². The number of hydrogen-bond acceptors (Lipinski definition) is 0. The van der Waals surface area contributed by atoms with E-state index in [2.05, 4.69) is 48.5 Å². The quantitative estimate of drug-likeness (QED) is 0.502. The van der Waals surface area contributed by atoms with Gasteiger partial charge in [0, 0.05) is 0 Å². The predicted molar refractivity (Wildman–Crippen MR) is 77.8 cm³/mol. The van der Waals surface area contributed by atoms with Gasteiger partial charge in [-0.3, -0.25) is 0 Å². The molecule has 0 aromatic heterocycles. The number of fused-ring (bicyclic) bond motifs is 3. The summed E-state index contributed by atoms with van der Waals surface area (Å²) in [6.07, 6.45) is 8.60. The first-order valence-electron chi connectivity index (χ1n) is 7.11. The van der Waals surface area contributed by atoms with Gasteiger partial charge in [0.1, 0.15) is 0 Å². The summed E-state index contributed by atoms with van der Waals surface area (Å²) in [6, 6.07) is 17.3. The molecular weight excluding hydrogens is 216 g/mol. The molecule has 0 heterocycles. The molecule has 0 spiro atoms. The first-order chi connectivity index (χ1) is 8.95. The molecule has 0 amide bonds. The van der Waals surface area contributed by atoms with E-state index in [0.29, 0.717) is 0 Å². The molecule has 4 rings (SSSR count). The highest BCUT2D eigenvalue weighted by molar-refractivity contribution is 5.76. The molecule has 0 unspecified atom stereocenters. The maximum Gasteiger partial charge on any atom is -0.00135 e. The lowest BCUT2D eigenvalue weighted by Crippen LogP contribution is -1.77. The van der Waals surface area contributed by atoms with Crippen LogP contribution in [0.5, 0.6) is 0 Å². The molecule has 0 atom stereocenters. The van der Waals surface area contributed by atoms with Crippen LogP contribution in [0.2, 0.25) is 0 Å². The van der Waals surface area contributed by atoms with Crippen LogP contribution in [0.3, 0.4) is 0 Å². The average molecular weight is 236 g/mol. The molecule has 0 bridgehead atoms. The Bertz CT molecular complexity index is 470. The average Bonchev–Trinajstić information content (AvgIpc) is 3.10. The molecule has 1 saturated carbocycles. The van der Waals surface area contributed by atoms with Crippen molar-refractivity contribution >= 4 is 0 Å². The van der Waals surface area contributed by atoms with Gasteiger partial charge in [0.05, 0.1) is 0 Å². The molecule has 18 heavy (non-hydrogen) atoms. The fourth-order valence-corrected chi connectivity index (χ4v) is 2.96. The summed E-state index contributed by atoms with van der Waals surface area (Å²) in [5.74, 6) is 0.